The molecule has 0 radical (unpaired) electrons. The molecular formula is C15H13NO3. The summed E-state index contributed by atoms with van der Waals surface area (Å²) in [4.78, 5) is 11.9. The Hall–Kier alpha value is -2.49. The first-order valence-corrected chi connectivity index (χ1v) is 5.99. The monoisotopic (exact) mass is 255 g/mol. The van der Waals surface area contributed by atoms with Crippen molar-refractivity contribution < 1.29 is 14.3 Å². The highest BCUT2D eigenvalue weighted by atomic mass is 16.6. The van der Waals surface area contributed by atoms with Crippen molar-refractivity contribution in [3.63, 3.8) is 0 Å². The molecule has 0 fully saturated rings. The smallest absolute Gasteiger partial charge is 0.344 e. The number of carbonyl (C=O) groups excluding carboxylic acids is 1. The SMILES string of the molecule is COc1cccc2c1C(=O)OC2Nc1ccccc1. The summed E-state index contributed by atoms with van der Waals surface area (Å²) in [6.07, 6.45) is -0.472. The molecule has 96 valence electrons. The van der Waals surface area contributed by atoms with Gasteiger partial charge in [0, 0.05) is 11.3 Å². The zero-order valence-electron chi connectivity index (χ0n) is 10.4. The summed E-state index contributed by atoms with van der Waals surface area (Å²) in [5, 5.41) is 3.18. The van der Waals surface area contributed by atoms with E-state index >= 15 is 0 Å². The van der Waals surface area contributed by atoms with E-state index in [0.717, 1.165) is 11.3 Å². The predicted molar refractivity (Wildman–Crippen MR) is 71.2 cm³/mol. The number of ether oxygens (including phenoxy) is 2. The van der Waals surface area contributed by atoms with Gasteiger partial charge in [-0.3, -0.25) is 0 Å². The highest BCUT2D eigenvalue weighted by Gasteiger charge is 2.33. The Labute approximate surface area is 111 Å². The van der Waals surface area contributed by atoms with E-state index in [4.69, 9.17) is 9.47 Å². The minimum atomic E-state index is -0.472. The van der Waals surface area contributed by atoms with Crippen molar-refractivity contribution in [3.8, 4) is 5.75 Å². The van der Waals surface area contributed by atoms with Gasteiger partial charge in [0.1, 0.15) is 11.3 Å². The van der Waals surface area contributed by atoms with Gasteiger partial charge in [-0.25, -0.2) is 4.79 Å². The molecule has 19 heavy (non-hydrogen) atoms. The van der Waals surface area contributed by atoms with E-state index < -0.39 is 6.23 Å². The minimum absolute atomic E-state index is 0.360. The number of cyclic esters (lactones) is 1. The van der Waals surface area contributed by atoms with E-state index in [1.54, 1.807) is 13.2 Å². The fourth-order valence-corrected chi connectivity index (χ4v) is 2.18. The number of para-hydroxylation sites is 1. The van der Waals surface area contributed by atoms with Crippen molar-refractivity contribution in [1.29, 1.82) is 0 Å². The summed E-state index contributed by atoms with van der Waals surface area (Å²) in [5.74, 6) is 0.181. The first-order valence-electron chi connectivity index (χ1n) is 5.99. The van der Waals surface area contributed by atoms with Crippen LogP contribution in [-0.2, 0) is 4.74 Å². The molecular weight excluding hydrogens is 242 g/mol. The number of methoxy groups -OCH3 is 1. The lowest BCUT2D eigenvalue weighted by Crippen LogP contribution is -2.09. The number of carbonyl (C=O) groups is 1. The van der Waals surface area contributed by atoms with Crippen LogP contribution in [0.1, 0.15) is 22.1 Å². The van der Waals surface area contributed by atoms with Crippen LogP contribution in [0.15, 0.2) is 48.5 Å². The van der Waals surface area contributed by atoms with E-state index in [0.29, 0.717) is 11.3 Å². The molecule has 1 aliphatic rings. The molecule has 4 heteroatoms. The van der Waals surface area contributed by atoms with Gasteiger partial charge in [-0.05, 0) is 18.2 Å². The quantitative estimate of drug-likeness (QED) is 0.856. The number of benzene rings is 2. The summed E-state index contributed by atoms with van der Waals surface area (Å²) in [6, 6.07) is 15.1. The van der Waals surface area contributed by atoms with E-state index in [2.05, 4.69) is 5.32 Å². The molecule has 0 amide bonds. The van der Waals surface area contributed by atoms with Crippen molar-refractivity contribution in [2.75, 3.05) is 12.4 Å². The fraction of sp³-hybridized carbons (Fsp3) is 0.133. The summed E-state index contributed by atoms with van der Waals surface area (Å²) in [6.45, 7) is 0. The molecule has 3 rings (SSSR count). The number of hydrogen-bond donors (Lipinski definition) is 1. The van der Waals surface area contributed by atoms with Gasteiger partial charge in [-0.15, -0.1) is 0 Å². The van der Waals surface area contributed by atoms with Crippen LogP contribution in [0, 0.1) is 0 Å². The molecule has 0 bridgehead atoms. The van der Waals surface area contributed by atoms with Crippen molar-refractivity contribution in [2.24, 2.45) is 0 Å². The molecule has 0 aromatic heterocycles. The van der Waals surface area contributed by atoms with Crippen LogP contribution in [0.5, 0.6) is 5.75 Å². The third-order valence-corrected chi connectivity index (χ3v) is 3.06. The minimum Gasteiger partial charge on any atom is -0.496 e. The molecule has 0 aliphatic carbocycles. The maximum Gasteiger partial charge on any atom is 0.344 e. The third kappa shape index (κ3) is 2.01. The van der Waals surface area contributed by atoms with Gasteiger partial charge in [0.15, 0.2) is 0 Å². The van der Waals surface area contributed by atoms with E-state index in [9.17, 15) is 4.79 Å². The standard InChI is InChI=1S/C15H13NO3/c1-18-12-9-5-8-11-13(12)15(17)19-14(11)16-10-6-3-2-4-7-10/h2-9,14,16H,1H3. The van der Waals surface area contributed by atoms with Gasteiger partial charge in [0.2, 0.25) is 6.23 Å². The third-order valence-electron chi connectivity index (χ3n) is 3.06. The molecule has 1 heterocycles. The van der Waals surface area contributed by atoms with Crippen molar-refractivity contribution in [1.82, 2.24) is 0 Å². The second-order valence-electron chi connectivity index (χ2n) is 4.22. The maximum atomic E-state index is 11.9. The Morgan fingerprint density at radius 1 is 1.11 bits per heavy atom. The summed E-state index contributed by atoms with van der Waals surface area (Å²) in [7, 11) is 1.54. The van der Waals surface area contributed by atoms with Gasteiger partial charge in [-0.2, -0.15) is 0 Å². The first-order chi connectivity index (χ1) is 9.29. The summed E-state index contributed by atoms with van der Waals surface area (Å²) >= 11 is 0. The first kappa shape index (κ1) is 11.6. The van der Waals surface area contributed by atoms with Crippen LogP contribution in [-0.4, -0.2) is 13.1 Å². The molecule has 2 aromatic rings. The predicted octanol–water partition coefficient (Wildman–Crippen LogP) is 2.98. The Morgan fingerprint density at radius 3 is 2.63 bits per heavy atom. The molecule has 2 aromatic carbocycles. The second kappa shape index (κ2) is 4.65. The fourth-order valence-electron chi connectivity index (χ4n) is 2.18. The highest BCUT2D eigenvalue weighted by Crippen LogP contribution is 2.36. The summed E-state index contributed by atoms with van der Waals surface area (Å²) < 4.78 is 10.5. The normalized spacial score (nSPS) is 16.7. The number of fused-ring (bicyclic) bond motifs is 1. The van der Waals surface area contributed by atoms with Gasteiger partial charge in [-0.1, -0.05) is 30.3 Å². The maximum absolute atomic E-state index is 11.9. The van der Waals surface area contributed by atoms with E-state index in [1.807, 2.05) is 42.5 Å². The van der Waals surface area contributed by atoms with Gasteiger partial charge < -0.3 is 14.8 Å². The van der Waals surface area contributed by atoms with Crippen LogP contribution in [0.4, 0.5) is 5.69 Å². The highest BCUT2D eigenvalue weighted by molar-refractivity contribution is 5.97. The lowest BCUT2D eigenvalue weighted by molar-refractivity contribution is 0.0435. The number of hydrogen-bond acceptors (Lipinski definition) is 4. The van der Waals surface area contributed by atoms with Crippen LogP contribution in [0.25, 0.3) is 0 Å². The van der Waals surface area contributed by atoms with Crippen LogP contribution in [0.2, 0.25) is 0 Å². The second-order valence-corrected chi connectivity index (χ2v) is 4.22. The zero-order chi connectivity index (χ0) is 13.2. The lowest BCUT2D eigenvalue weighted by Gasteiger charge is -2.14. The Balaban J connectivity index is 1.94. The number of esters is 1. The Bertz CT molecular complexity index is 610. The number of anilines is 1. The Kier molecular flexibility index (Phi) is 2.83. The van der Waals surface area contributed by atoms with Crippen LogP contribution >= 0.6 is 0 Å². The van der Waals surface area contributed by atoms with Crippen LogP contribution < -0.4 is 10.1 Å². The molecule has 0 saturated heterocycles. The van der Waals surface area contributed by atoms with Gasteiger partial charge >= 0.3 is 5.97 Å². The largest absolute Gasteiger partial charge is 0.496 e. The molecule has 1 aliphatic heterocycles. The molecule has 1 N–H and O–H groups in total. The molecule has 1 unspecified atom stereocenters. The van der Waals surface area contributed by atoms with Crippen molar-refractivity contribution in [3.05, 3.63) is 59.7 Å². The van der Waals surface area contributed by atoms with E-state index in [-0.39, 0.29) is 5.97 Å². The molecule has 1 atom stereocenters. The average molecular weight is 255 g/mol. The van der Waals surface area contributed by atoms with Crippen molar-refractivity contribution in [2.45, 2.75) is 6.23 Å². The summed E-state index contributed by atoms with van der Waals surface area (Å²) in [5.41, 5.74) is 2.20. The van der Waals surface area contributed by atoms with E-state index in [1.165, 1.54) is 0 Å². The number of rotatable bonds is 3. The van der Waals surface area contributed by atoms with Gasteiger partial charge in [0.25, 0.3) is 0 Å². The molecule has 0 saturated carbocycles. The molecule has 4 nitrogen and oxygen atoms in total. The van der Waals surface area contributed by atoms with Crippen molar-refractivity contribution >= 4 is 11.7 Å². The van der Waals surface area contributed by atoms with Crippen LogP contribution in [0.3, 0.4) is 0 Å². The Morgan fingerprint density at radius 2 is 1.89 bits per heavy atom. The molecule has 0 spiro atoms. The average Bonchev–Trinajstić information content (AvgIpc) is 2.77. The topological polar surface area (TPSA) is 47.6 Å². The van der Waals surface area contributed by atoms with Gasteiger partial charge in [0.05, 0.1) is 7.11 Å². The lowest BCUT2D eigenvalue weighted by atomic mass is 10.1. The number of nitrogens with one attached hydrogen (secondary N) is 1. The zero-order valence-corrected chi connectivity index (χ0v) is 10.4.